The van der Waals surface area contributed by atoms with E-state index in [2.05, 4.69) is 10.6 Å². The summed E-state index contributed by atoms with van der Waals surface area (Å²) in [7, 11) is 0. The van der Waals surface area contributed by atoms with Gasteiger partial charge in [-0.3, -0.25) is 9.59 Å². The molecule has 0 saturated heterocycles. The van der Waals surface area contributed by atoms with E-state index in [0.717, 1.165) is 12.1 Å². The second-order valence-corrected chi connectivity index (χ2v) is 5.68. The standard InChI is InChI=1S/C16H20F2N2O2/c1-10(11-4-5-11)20-15(21)3-2-8-19-16(22)13-7-6-12(17)9-14(13)18/h6-7,9-11H,2-5,8H2,1H3,(H,19,22)(H,20,21). The zero-order valence-corrected chi connectivity index (χ0v) is 12.5. The minimum Gasteiger partial charge on any atom is -0.353 e. The Morgan fingerprint density at radius 2 is 2.05 bits per heavy atom. The molecule has 1 aromatic rings. The number of nitrogens with one attached hydrogen (secondary N) is 2. The molecule has 1 aromatic carbocycles. The van der Waals surface area contributed by atoms with Gasteiger partial charge >= 0.3 is 0 Å². The van der Waals surface area contributed by atoms with Crippen LogP contribution < -0.4 is 10.6 Å². The smallest absolute Gasteiger partial charge is 0.254 e. The molecular formula is C16H20F2N2O2. The van der Waals surface area contributed by atoms with Crippen LogP contribution in [0.15, 0.2) is 18.2 Å². The maximum atomic E-state index is 13.4. The second-order valence-electron chi connectivity index (χ2n) is 5.68. The van der Waals surface area contributed by atoms with Gasteiger partial charge in [0.25, 0.3) is 5.91 Å². The van der Waals surface area contributed by atoms with Crippen LogP contribution in [0.1, 0.15) is 43.0 Å². The molecule has 2 amide bonds. The Hall–Kier alpha value is -1.98. The van der Waals surface area contributed by atoms with Gasteiger partial charge in [0.1, 0.15) is 11.6 Å². The largest absolute Gasteiger partial charge is 0.353 e. The van der Waals surface area contributed by atoms with Crippen LogP contribution in [-0.4, -0.2) is 24.4 Å². The maximum Gasteiger partial charge on any atom is 0.254 e. The lowest BCUT2D eigenvalue weighted by Crippen LogP contribution is -2.34. The van der Waals surface area contributed by atoms with Crippen LogP contribution in [0.2, 0.25) is 0 Å². The van der Waals surface area contributed by atoms with Gasteiger partial charge in [0.2, 0.25) is 5.91 Å². The van der Waals surface area contributed by atoms with Crippen molar-refractivity contribution >= 4 is 11.8 Å². The van der Waals surface area contributed by atoms with Crippen LogP contribution in [-0.2, 0) is 4.79 Å². The molecule has 1 atom stereocenters. The topological polar surface area (TPSA) is 58.2 Å². The fourth-order valence-electron chi connectivity index (χ4n) is 2.26. The Morgan fingerprint density at radius 3 is 2.68 bits per heavy atom. The quantitative estimate of drug-likeness (QED) is 0.760. The molecule has 1 unspecified atom stereocenters. The third-order valence-corrected chi connectivity index (χ3v) is 3.76. The Bertz CT molecular complexity index is 559. The third kappa shape index (κ3) is 4.79. The molecule has 0 heterocycles. The van der Waals surface area contributed by atoms with Crippen LogP contribution in [0.3, 0.4) is 0 Å². The highest BCUT2D eigenvalue weighted by molar-refractivity contribution is 5.94. The molecule has 4 nitrogen and oxygen atoms in total. The van der Waals surface area contributed by atoms with Crippen LogP contribution in [0.4, 0.5) is 8.78 Å². The summed E-state index contributed by atoms with van der Waals surface area (Å²) in [5.41, 5.74) is -0.201. The van der Waals surface area contributed by atoms with Gasteiger partial charge in [-0.1, -0.05) is 0 Å². The molecule has 0 aromatic heterocycles. The van der Waals surface area contributed by atoms with Gasteiger partial charge in [-0.15, -0.1) is 0 Å². The van der Waals surface area contributed by atoms with Gasteiger partial charge in [-0.2, -0.15) is 0 Å². The minimum absolute atomic E-state index is 0.0402. The molecule has 22 heavy (non-hydrogen) atoms. The number of carbonyl (C=O) groups excluding carboxylic acids is 2. The summed E-state index contributed by atoms with van der Waals surface area (Å²) in [5.74, 6) is -1.67. The summed E-state index contributed by atoms with van der Waals surface area (Å²) in [5, 5.41) is 5.45. The zero-order valence-electron chi connectivity index (χ0n) is 12.5. The summed E-state index contributed by atoms with van der Waals surface area (Å²) in [6.45, 7) is 2.26. The Morgan fingerprint density at radius 1 is 1.32 bits per heavy atom. The van der Waals surface area contributed by atoms with Gasteiger partial charge in [0, 0.05) is 25.1 Å². The Labute approximate surface area is 128 Å². The van der Waals surface area contributed by atoms with Crippen LogP contribution in [0.5, 0.6) is 0 Å². The van der Waals surface area contributed by atoms with Gasteiger partial charge in [-0.25, -0.2) is 8.78 Å². The van der Waals surface area contributed by atoms with Gasteiger partial charge in [-0.05, 0) is 44.2 Å². The molecule has 0 bridgehead atoms. The summed E-state index contributed by atoms with van der Waals surface area (Å²) in [6, 6.07) is 3.01. The van der Waals surface area contributed by atoms with Crippen molar-refractivity contribution in [3.8, 4) is 0 Å². The number of carbonyl (C=O) groups is 2. The Kier molecular flexibility index (Phi) is 5.46. The van der Waals surface area contributed by atoms with Crippen LogP contribution in [0, 0.1) is 17.6 Å². The number of hydrogen-bond acceptors (Lipinski definition) is 2. The highest BCUT2D eigenvalue weighted by Crippen LogP contribution is 2.32. The molecule has 0 spiro atoms. The van der Waals surface area contributed by atoms with E-state index in [-0.39, 0.29) is 24.1 Å². The molecule has 1 aliphatic carbocycles. The van der Waals surface area contributed by atoms with Crippen molar-refractivity contribution in [1.82, 2.24) is 10.6 Å². The third-order valence-electron chi connectivity index (χ3n) is 3.76. The van der Waals surface area contributed by atoms with Gasteiger partial charge in [0.15, 0.2) is 0 Å². The van der Waals surface area contributed by atoms with Crippen molar-refractivity contribution in [2.45, 2.75) is 38.6 Å². The summed E-state index contributed by atoms with van der Waals surface area (Å²) >= 11 is 0. The first kappa shape index (κ1) is 16.4. The van der Waals surface area contributed by atoms with E-state index in [1.807, 2.05) is 6.92 Å². The van der Waals surface area contributed by atoms with Crippen molar-refractivity contribution < 1.29 is 18.4 Å². The van der Waals surface area contributed by atoms with Crippen molar-refractivity contribution in [2.75, 3.05) is 6.54 Å². The predicted octanol–water partition coefficient (Wildman–Crippen LogP) is 2.39. The first-order chi connectivity index (χ1) is 10.5. The van der Waals surface area contributed by atoms with Crippen molar-refractivity contribution in [3.63, 3.8) is 0 Å². The van der Waals surface area contributed by atoms with Gasteiger partial charge in [0.05, 0.1) is 5.56 Å². The van der Waals surface area contributed by atoms with E-state index in [1.54, 1.807) is 0 Å². The number of amides is 2. The highest BCUT2D eigenvalue weighted by atomic mass is 19.1. The molecule has 0 aliphatic heterocycles. The lowest BCUT2D eigenvalue weighted by molar-refractivity contribution is -0.121. The Balaban J connectivity index is 1.67. The van der Waals surface area contributed by atoms with Crippen molar-refractivity contribution in [1.29, 1.82) is 0 Å². The lowest BCUT2D eigenvalue weighted by atomic mass is 10.2. The maximum absolute atomic E-state index is 13.4. The molecule has 2 rings (SSSR count). The van der Waals surface area contributed by atoms with Crippen LogP contribution >= 0.6 is 0 Å². The second kappa shape index (κ2) is 7.33. The first-order valence-corrected chi connectivity index (χ1v) is 7.50. The average Bonchev–Trinajstić information content (AvgIpc) is 3.27. The van der Waals surface area contributed by atoms with E-state index in [9.17, 15) is 18.4 Å². The zero-order chi connectivity index (χ0) is 16.1. The van der Waals surface area contributed by atoms with Crippen LogP contribution in [0.25, 0.3) is 0 Å². The molecular weight excluding hydrogens is 290 g/mol. The summed E-state index contributed by atoms with van der Waals surface area (Å²) < 4.78 is 26.2. The average molecular weight is 310 g/mol. The van der Waals surface area contributed by atoms with E-state index in [4.69, 9.17) is 0 Å². The first-order valence-electron chi connectivity index (χ1n) is 7.50. The number of hydrogen-bond donors (Lipinski definition) is 2. The molecule has 120 valence electrons. The monoisotopic (exact) mass is 310 g/mol. The molecule has 6 heteroatoms. The minimum atomic E-state index is -0.895. The van der Waals surface area contributed by atoms with Crippen molar-refractivity contribution in [2.24, 2.45) is 5.92 Å². The molecule has 2 N–H and O–H groups in total. The highest BCUT2D eigenvalue weighted by Gasteiger charge is 2.28. The van der Waals surface area contributed by atoms with E-state index >= 15 is 0 Å². The van der Waals surface area contributed by atoms with E-state index in [1.165, 1.54) is 12.8 Å². The molecule has 0 radical (unpaired) electrons. The van der Waals surface area contributed by atoms with E-state index < -0.39 is 17.5 Å². The van der Waals surface area contributed by atoms with Crippen molar-refractivity contribution in [3.05, 3.63) is 35.4 Å². The summed E-state index contributed by atoms with van der Waals surface area (Å²) in [4.78, 5) is 23.4. The number of halogens is 2. The normalized spacial score (nSPS) is 15.2. The lowest BCUT2D eigenvalue weighted by Gasteiger charge is -2.12. The fraction of sp³-hybridized carbons (Fsp3) is 0.500. The molecule has 1 fully saturated rings. The fourth-order valence-corrected chi connectivity index (χ4v) is 2.26. The summed E-state index contributed by atoms with van der Waals surface area (Å²) in [6.07, 6.45) is 3.11. The SMILES string of the molecule is CC(NC(=O)CCCNC(=O)c1ccc(F)cc1F)C1CC1. The van der Waals surface area contributed by atoms with Gasteiger partial charge < -0.3 is 10.6 Å². The molecule has 1 aliphatic rings. The predicted molar refractivity (Wildman–Crippen MR) is 78.3 cm³/mol. The number of benzene rings is 1. The number of rotatable bonds is 7. The van der Waals surface area contributed by atoms with E-state index in [0.29, 0.717) is 24.8 Å². The molecule has 1 saturated carbocycles.